The zero-order valence-electron chi connectivity index (χ0n) is 10.5. The van der Waals surface area contributed by atoms with Crippen molar-refractivity contribution in [3.05, 3.63) is 24.0 Å². The lowest BCUT2D eigenvalue weighted by atomic mass is 10.3. The first-order valence-corrected chi connectivity index (χ1v) is 5.44. The van der Waals surface area contributed by atoms with E-state index in [0.29, 0.717) is 23.9 Å². The van der Waals surface area contributed by atoms with Crippen LogP contribution in [0.5, 0.6) is 11.5 Å². The number of nitrogens with one attached hydrogen (secondary N) is 1. The molecule has 1 heterocycles. The second-order valence-corrected chi connectivity index (χ2v) is 3.56. The maximum absolute atomic E-state index is 5.23. The predicted octanol–water partition coefficient (Wildman–Crippen LogP) is 0.399. The van der Waals surface area contributed by atoms with Gasteiger partial charge >= 0.3 is 0 Å². The van der Waals surface area contributed by atoms with E-state index < -0.39 is 0 Å². The van der Waals surface area contributed by atoms with Crippen LogP contribution in [-0.4, -0.2) is 41.5 Å². The molecule has 0 atom stereocenters. The largest absolute Gasteiger partial charge is 0.493 e. The summed E-state index contributed by atoms with van der Waals surface area (Å²) in [6.45, 7) is 0.577. The molecule has 7 nitrogen and oxygen atoms in total. The van der Waals surface area contributed by atoms with Gasteiger partial charge in [0.05, 0.1) is 26.5 Å². The first-order chi connectivity index (χ1) is 8.78. The Morgan fingerprint density at radius 2 is 2.00 bits per heavy atom. The Morgan fingerprint density at radius 1 is 1.22 bits per heavy atom. The van der Waals surface area contributed by atoms with Crippen LogP contribution < -0.4 is 14.8 Å². The average molecular weight is 249 g/mol. The number of benzene rings is 1. The van der Waals surface area contributed by atoms with Gasteiger partial charge in [0.25, 0.3) is 0 Å². The molecule has 0 aliphatic heterocycles. The minimum absolute atomic E-state index is 0.577. The van der Waals surface area contributed by atoms with Crippen LogP contribution in [0.3, 0.4) is 0 Å². The molecule has 18 heavy (non-hydrogen) atoms. The highest BCUT2D eigenvalue weighted by Crippen LogP contribution is 2.28. The van der Waals surface area contributed by atoms with Gasteiger partial charge in [0.1, 0.15) is 0 Å². The van der Waals surface area contributed by atoms with Gasteiger partial charge in [-0.2, -0.15) is 0 Å². The van der Waals surface area contributed by atoms with Gasteiger partial charge in [-0.15, -0.1) is 15.0 Å². The maximum Gasteiger partial charge on any atom is 0.188 e. The second kappa shape index (κ2) is 5.46. The molecule has 0 aliphatic carbocycles. The standard InChI is InChI=1S/C11H15N5O2/c1-12-7-11-13-15-16(14-11)8-4-5-9(17-2)10(6-8)18-3/h4-6,12H,7H2,1-3H3. The van der Waals surface area contributed by atoms with Gasteiger partial charge in [-0.05, 0) is 24.4 Å². The van der Waals surface area contributed by atoms with E-state index in [2.05, 4.69) is 20.7 Å². The van der Waals surface area contributed by atoms with Crippen molar-refractivity contribution in [2.75, 3.05) is 21.3 Å². The molecule has 96 valence electrons. The number of rotatable bonds is 5. The van der Waals surface area contributed by atoms with E-state index in [9.17, 15) is 0 Å². The third-order valence-electron chi connectivity index (χ3n) is 2.39. The van der Waals surface area contributed by atoms with Gasteiger partial charge in [0.15, 0.2) is 17.3 Å². The lowest BCUT2D eigenvalue weighted by molar-refractivity contribution is 0.354. The fourth-order valence-electron chi connectivity index (χ4n) is 1.53. The van der Waals surface area contributed by atoms with Gasteiger partial charge in [-0.1, -0.05) is 0 Å². The molecule has 0 saturated heterocycles. The van der Waals surface area contributed by atoms with Crippen LogP contribution in [0.1, 0.15) is 5.82 Å². The Morgan fingerprint density at radius 3 is 2.67 bits per heavy atom. The molecule has 0 unspecified atom stereocenters. The Labute approximate surface area is 105 Å². The molecule has 7 heteroatoms. The molecule has 2 rings (SSSR count). The molecule has 1 N–H and O–H groups in total. The fraction of sp³-hybridized carbons (Fsp3) is 0.364. The zero-order valence-corrected chi connectivity index (χ0v) is 10.5. The van der Waals surface area contributed by atoms with Crippen LogP contribution in [0.4, 0.5) is 0 Å². The number of nitrogens with zero attached hydrogens (tertiary/aromatic N) is 4. The van der Waals surface area contributed by atoms with Crippen LogP contribution in [0.2, 0.25) is 0 Å². The second-order valence-electron chi connectivity index (χ2n) is 3.56. The molecule has 0 amide bonds. The Bertz CT molecular complexity index is 526. The van der Waals surface area contributed by atoms with Gasteiger partial charge in [0, 0.05) is 6.07 Å². The molecule has 0 aliphatic rings. The predicted molar refractivity (Wildman–Crippen MR) is 65.0 cm³/mol. The highest BCUT2D eigenvalue weighted by molar-refractivity contribution is 5.47. The number of tetrazole rings is 1. The summed E-state index contributed by atoms with van der Waals surface area (Å²) in [7, 11) is 5.01. The van der Waals surface area contributed by atoms with Crippen molar-refractivity contribution in [3.63, 3.8) is 0 Å². The monoisotopic (exact) mass is 249 g/mol. The molecule has 0 fully saturated rings. The summed E-state index contributed by atoms with van der Waals surface area (Å²) < 4.78 is 10.4. The lowest BCUT2D eigenvalue weighted by Crippen LogP contribution is -2.07. The SMILES string of the molecule is CNCc1nnn(-c2ccc(OC)c(OC)c2)n1. The summed E-state index contributed by atoms with van der Waals surface area (Å²) in [4.78, 5) is 1.45. The number of ether oxygens (including phenoxy) is 2. The number of methoxy groups -OCH3 is 2. The summed E-state index contributed by atoms with van der Waals surface area (Å²) in [5, 5.41) is 15.1. The molecule has 0 saturated carbocycles. The van der Waals surface area contributed by atoms with Crippen LogP contribution in [0.25, 0.3) is 5.69 Å². The Hall–Kier alpha value is -2.15. The molecule has 0 spiro atoms. The molecular weight excluding hydrogens is 234 g/mol. The van der Waals surface area contributed by atoms with Crippen molar-refractivity contribution in [3.8, 4) is 17.2 Å². The van der Waals surface area contributed by atoms with E-state index in [4.69, 9.17) is 9.47 Å². The zero-order chi connectivity index (χ0) is 13.0. The van der Waals surface area contributed by atoms with Crippen LogP contribution in [-0.2, 0) is 6.54 Å². The molecular formula is C11H15N5O2. The first-order valence-electron chi connectivity index (χ1n) is 5.44. The highest BCUT2D eigenvalue weighted by Gasteiger charge is 2.08. The van der Waals surface area contributed by atoms with E-state index in [-0.39, 0.29) is 0 Å². The topological polar surface area (TPSA) is 74.1 Å². The summed E-state index contributed by atoms with van der Waals surface area (Å²) >= 11 is 0. The van der Waals surface area contributed by atoms with E-state index in [1.807, 2.05) is 13.1 Å². The van der Waals surface area contributed by atoms with Crippen LogP contribution in [0.15, 0.2) is 18.2 Å². The molecule has 1 aromatic carbocycles. The smallest absolute Gasteiger partial charge is 0.188 e. The third kappa shape index (κ3) is 2.40. The molecule has 1 aromatic heterocycles. The van der Waals surface area contributed by atoms with Gasteiger partial charge < -0.3 is 14.8 Å². The Kier molecular flexibility index (Phi) is 3.73. The first kappa shape index (κ1) is 12.3. The van der Waals surface area contributed by atoms with Crippen molar-refractivity contribution in [1.29, 1.82) is 0 Å². The summed E-state index contributed by atoms with van der Waals surface area (Å²) in [5.41, 5.74) is 0.766. The molecule has 0 radical (unpaired) electrons. The van der Waals surface area contributed by atoms with E-state index >= 15 is 0 Å². The minimum Gasteiger partial charge on any atom is -0.493 e. The summed E-state index contributed by atoms with van der Waals surface area (Å²) in [6.07, 6.45) is 0. The van der Waals surface area contributed by atoms with Crippen molar-refractivity contribution in [1.82, 2.24) is 25.5 Å². The van der Waals surface area contributed by atoms with Crippen molar-refractivity contribution in [2.45, 2.75) is 6.54 Å². The average Bonchev–Trinajstić information content (AvgIpc) is 2.87. The summed E-state index contributed by atoms with van der Waals surface area (Å²) in [5.74, 6) is 1.92. The van der Waals surface area contributed by atoms with Crippen molar-refractivity contribution in [2.24, 2.45) is 0 Å². The maximum atomic E-state index is 5.23. The normalized spacial score (nSPS) is 10.4. The van der Waals surface area contributed by atoms with Crippen LogP contribution >= 0.6 is 0 Å². The number of hydrogen-bond acceptors (Lipinski definition) is 6. The minimum atomic E-state index is 0.577. The molecule has 0 bridgehead atoms. The lowest BCUT2D eigenvalue weighted by Gasteiger charge is -2.08. The van der Waals surface area contributed by atoms with E-state index in [0.717, 1.165) is 5.69 Å². The van der Waals surface area contributed by atoms with E-state index in [1.54, 1.807) is 26.4 Å². The Balaban J connectivity index is 2.31. The number of aromatic nitrogens is 4. The number of hydrogen-bond donors (Lipinski definition) is 1. The fourth-order valence-corrected chi connectivity index (χ4v) is 1.53. The van der Waals surface area contributed by atoms with Gasteiger partial charge in [-0.25, -0.2) is 0 Å². The van der Waals surface area contributed by atoms with Crippen molar-refractivity contribution >= 4 is 0 Å². The summed E-state index contributed by atoms with van der Waals surface area (Å²) in [6, 6.07) is 5.44. The van der Waals surface area contributed by atoms with Gasteiger partial charge in [0.2, 0.25) is 0 Å². The van der Waals surface area contributed by atoms with Crippen molar-refractivity contribution < 1.29 is 9.47 Å². The van der Waals surface area contributed by atoms with Gasteiger partial charge in [-0.3, -0.25) is 0 Å². The van der Waals surface area contributed by atoms with E-state index in [1.165, 1.54) is 4.80 Å². The quantitative estimate of drug-likeness (QED) is 0.826. The highest BCUT2D eigenvalue weighted by atomic mass is 16.5. The third-order valence-corrected chi connectivity index (χ3v) is 2.39. The van der Waals surface area contributed by atoms with Crippen LogP contribution in [0, 0.1) is 0 Å². The molecule has 2 aromatic rings.